The molecular weight excluding hydrogens is 184 g/mol. The van der Waals surface area contributed by atoms with Gasteiger partial charge < -0.3 is 19.7 Å². The Bertz CT molecular complexity index is 181. The van der Waals surface area contributed by atoms with Crippen LogP contribution >= 0.6 is 0 Å². The van der Waals surface area contributed by atoms with Crippen molar-refractivity contribution < 1.29 is 14.3 Å². The van der Waals surface area contributed by atoms with Gasteiger partial charge in [0.05, 0.1) is 0 Å². The van der Waals surface area contributed by atoms with Gasteiger partial charge in [0, 0.05) is 20.2 Å². The van der Waals surface area contributed by atoms with Gasteiger partial charge in [0.15, 0.2) is 6.79 Å². The van der Waals surface area contributed by atoms with Crippen LogP contribution in [0.4, 0.5) is 4.79 Å². The predicted molar refractivity (Wildman–Crippen MR) is 52.0 cm³/mol. The smallest absolute Gasteiger partial charge is 0.411 e. The second kappa shape index (κ2) is 5.82. The lowest BCUT2D eigenvalue weighted by molar-refractivity contribution is -0.00753. The third-order valence-corrected chi connectivity index (χ3v) is 2.44. The van der Waals surface area contributed by atoms with Gasteiger partial charge in [-0.1, -0.05) is 0 Å². The summed E-state index contributed by atoms with van der Waals surface area (Å²) >= 11 is 0. The quantitative estimate of drug-likeness (QED) is 0.673. The SMILES string of the molecule is COCOC(=O)N(C)C1CCNCC1. The number of hydrogen-bond acceptors (Lipinski definition) is 4. The van der Waals surface area contributed by atoms with Gasteiger partial charge in [-0.05, 0) is 25.9 Å². The molecule has 0 saturated carbocycles. The van der Waals surface area contributed by atoms with Crippen LogP contribution in [0.25, 0.3) is 0 Å². The van der Waals surface area contributed by atoms with E-state index in [0.717, 1.165) is 25.9 Å². The second-order valence-electron chi connectivity index (χ2n) is 3.41. The van der Waals surface area contributed by atoms with Gasteiger partial charge in [-0.3, -0.25) is 0 Å². The molecule has 5 nitrogen and oxygen atoms in total. The van der Waals surface area contributed by atoms with Gasteiger partial charge in [-0.25, -0.2) is 4.79 Å². The second-order valence-corrected chi connectivity index (χ2v) is 3.41. The monoisotopic (exact) mass is 202 g/mol. The Labute approximate surface area is 84.4 Å². The van der Waals surface area contributed by atoms with E-state index in [-0.39, 0.29) is 12.9 Å². The maximum absolute atomic E-state index is 11.4. The van der Waals surface area contributed by atoms with Crippen molar-refractivity contribution >= 4 is 6.09 Å². The number of ether oxygens (including phenoxy) is 2. The van der Waals surface area contributed by atoms with E-state index in [1.165, 1.54) is 7.11 Å². The summed E-state index contributed by atoms with van der Waals surface area (Å²) in [7, 11) is 3.27. The van der Waals surface area contributed by atoms with Crippen LogP contribution in [0.1, 0.15) is 12.8 Å². The first kappa shape index (κ1) is 11.3. The largest absolute Gasteiger partial charge is 0.422 e. The molecule has 0 aliphatic carbocycles. The molecule has 1 aliphatic heterocycles. The minimum Gasteiger partial charge on any atom is -0.422 e. The van der Waals surface area contributed by atoms with E-state index in [1.807, 2.05) is 0 Å². The lowest BCUT2D eigenvalue weighted by atomic mass is 10.1. The number of amides is 1. The number of rotatable bonds is 3. The van der Waals surface area contributed by atoms with Gasteiger partial charge in [0.2, 0.25) is 0 Å². The summed E-state index contributed by atoms with van der Waals surface area (Å²) in [6, 6.07) is 0.292. The Morgan fingerprint density at radius 1 is 1.50 bits per heavy atom. The summed E-state index contributed by atoms with van der Waals surface area (Å²) in [6.07, 6.45) is 1.66. The molecule has 1 heterocycles. The summed E-state index contributed by atoms with van der Waals surface area (Å²) in [5.74, 6) is 0. The lowest BCUT2D eigenvalue weighted by Crippen LogP contribution is -2.44. The summed E-state index contributed by atoms with van der Waals surface area (Å²) < 4.78 is 9.52. The zero-order valence-electron chi connectivity index (χ0n) is 8.78. The molecule has 0 bridgehead atoms. The van der Waals surface area contributed by atoms with E-state index in [1.54, 1.807) is 11.9 Å². The van der Waals surface area contributed by atoms with E-state index in [2.05, 4.69) is 10.1 Å². The molecule has 1 aliphatic rings. The molecule has 1 N–H and O–H groups in total. The van der Waals surface area contributed by atoms with Crippen LogP contribution in [0.15, 0.2) is 0 Å². The van der Waals surface area contributed by atoms with E-state index in [9.17, 15) is 4.79 Å². The molecule has 1 amide bonds. The molecule has 0 atom stereocenters. The molecular formula is C9H18N2O3. The van der Waals surface area contributed by atoms with Gasteiger partial charge in [-0.2, -0.15) is 0 Å². The fraction of sp³-hybridized carbons (Fsp3) is 0.889. The van der Waals surface area contributed by atoms with Crippen molar-refractivity contribution in [1.29, 1.82) is 0 Å². The first-order chi connectivity index (χ1) is 6.75. The standard InChI is InChI=1S/C9H18N2O3/c1-11(9(12)14-7-13-2)8-3-5-10-6-4-8/h8,10H,3-7H2,1-2H3. The number of methoxy groups -OCH3 is 1. The van der Waals surface area contributed by atoms with Crippen LogP contribution in [-0.4, -0.2) is 51.1 Å². The van der Waals surface area contributed by atoms with Crippen molar-refractivity contribution in [2.45, 2.75) is 18.9 Å². The first-order valence-corrected chi connectivity index (χ1v) is 4.85. The first-order valence-electron chi connectivity index (χ1n) is 4.85. The molecule has 0 aromatic rings. The van der Waals surface area contributed by atoms with Gasteiger partial charge >= 0.3 is 6.09 Å². The molecule has 0 radical (unpaired) electrons. The van der Waals surface area contributed by atoms with E-state index >= 15 is 0 Å². The number of hydrogen-bond donors (Lipinski definition) is 1. The highest BCUT2D eigenvalue weighted by Gasteiger charge is 2.22. The Hall–Kier alpha value is -0.810. The molecule has 5 heteroatoms. The highest BCUT2D eigenvalue weighted by atomic mass is 16.7. The lowest BCUT2D eigenvalue weighted by Gasteiger charge is -2.30. The third kappa shape index (κ3) is 3.16. The third-order valence-electron chi connectivity index (χ3n) is 2.44. The fourth-order valence-electron chi connectivity index (χ4n) is 1.55. The summed E-state index contributed by atoms with van der Waals surface area (Å²) in [6.45, 7) is 1.95. The van der Waals surface area contributed by atoms with Crippen LogP contribution in [0.5, 0.6) is 0 Å². The minimum atomic E-state index is -0.307. The van der Waals surface area contributed by atoms with Gasteiger partial charge in [0.25, 0.3) is 0 Å². The molecule has 1 rings (SSSR count). The molecule has 0 spiro atoms. The van der Waals surface area contributed by atoms with Crippen molar-refractivity contribution in [3.63, 3.8) is 0 Å². The Kier molecular flexibility index (Phi) is 4.69. The number of carbonyl (C=O) groups is 1. The van der Waals surface area contributed by atoms with Crippen molar-refractivity contribution in [2.24, 2.45) is 0 Å². The number of carbonyl (C=O) groups excluding carboxylic acids is 1. The summed E-state index contributed by atoms with van der Waals surface area (Å²) in [5, 5.41) is 3.25. The Morgan fingerprint density at radius 3 is 2.71 bits per heavy atom. The van der Waals surface area contributed by atoms with Crippen molar-refractivity contribution in [2.75, 3.05) is 34.0 Å². The Balaban J connectivity index is 2.30. The van der Waals surface area contributed by atoms with Crippen molar-refractivity contribution in [3.8, 4) is 0 Å². The maximum Gasteiger partial charge on any atom is 0.411 e. The molecule has 14 heavy (non-hydrogen) atoms. The minimum absolute atomic E-state index is 0.0220. The summed E-state index contributed by atoms with van der Waals surface area (Å²) in [5.41, 5.74) is 0. The predicted octanol–water partition coefficient (Wildman–Crippen LogP) is 0.411. The Morgan fingerprint density at radius 2 is 2.14 bits per heavy atom. The molecule has 82 valence electrons. The van der Waals surface area contributed by atoms with Crippen LogP contribution in [0, 0.1) is 0 Å². The maximum atomic E-state index is 11.4. The topological polar surface area (TPSA) is 50.8 Å². The number of nitrogens with zero attached hydrogens (tertiary/aromatic N) is 1. The molecule has 1 saturated heterocycles. The molecule has 0 aromatic carbocycles. The van der Waals surface area contributed by atoms with Crippen LogP contribution < -0.4 is 5.32 Å². The van der Waals surface area contributed by atoms with E-state index in [4.69, 9.17) is 4.74 Å². The summed E-state index contributed by atoms with van der Waals surface area (Å²) in [4.78, 5) is 13.1. The van der Waals surface area contributed by atoms with Crippen LogP contribution in [0.2, 0.25) is 0 Å². The number of nitrogens with one attached hydrogen (secondary N) is 1. The zero-order valence-corrected chi connectivity index (χ0v) is 8.78. The van der Waals surface area contributed by atoms with Crippen molar-refractivity contribution in [3.05, 3.63) is 0 Å². The van der Waals surface area contributed by atoms with Gasteiger partial charge in [-0.15, -0.1) is 0 Å². The highest BCUT2D eigenvalue weighted by molar-refractivity contribution is 5.67. The molecule has 0 unspecified atom stereocenters. The molecule has 0 aromatic heterocycles. The average Bonchev–Trinajstić information content (AvgIpc) is 2.26. The van der Waals surface area contributed by atoms with Gasteiger partial charge in [0.1, 0.15) is 0 Å². The average molecular weight is 202 g/mol. The fourth-order valence-corrected chi connectivity index (χ4v) is 1.55. The highest BCUT2D eigenvalue weighted by Crippen LogP contribution is 2.10. The van der Waals surface area contributed by atoms with Crippen LogP contribution in [-0.2, 0) is 9.47 Å². The molecule has 1 fully saturated rings. The zero-order chi connectivity index (χ0) is 10.4. The van der Waals surface area contributed by atoms with E-state index < -0.39 is 0 Å². The normalized spacial score (nSPS) is 17.9. The van der Waals surface area contributed by atoms with E-state index in [0.29, 0.717) is 6.04 Å². The number of piperidine rings is 1. The van der Waals surface area contributed by atoms with Crippen LogP contribution in [0.3, 0.4) is 0 Å². The van der Waals surface area contributed by atoms with Crippen molar-refractivity contribution in [1.82, 2.24) is 10.2 Å².